The van der Waals surface area contributed by atoms with Crippen LogP contribution in [-0.2, 0) is 11.3 Å². The van der Waals surface area contributed by atoms with E-state index < -0.39 is 5.82 Å². The van der Waals surface area contributed by atoms with E-state index in [1.165, 1.54) is 12.1 Å². The van der Waals surface area contributed by atoms with Gasteiger partial charge < -0.3 is 10.4 Å². The topological polar surface area (TPSA) is 49.3 Å². The van der Waals surface area contributed by atoms with E-state index in [1.807, 2.05) is 0 Å². The zero-order valence-electron chi connectivity index (χ0n) is 8.67. The predicted octanol–water partition coefficient (Wildman–Crippen LogP) is 1.87. The van der Waals surface area contributed by atoms with Crippen molar-refractivity contribution in [2.24, 2.45) is 0 Å². The van der Waals surface area contributed by atoms with E-state index in [4.69, 9.17) is 16.7 Å². The molecule has 1 rings (SSSR count). The van der Waals surface area contributed by atoms with Gasteiger partial charge in [-0.15, -0.1) is 0 Å². The van der Waals surface area contributed by atoms with Gasteiger partial charge >= 0.3 is 0 Å². The number of aliphatic hydroxyl groups excluding tert-OH is 1. The second-order valence-corrected chi connectivity index (χ2v) is 3.78. The molecule has 1 aromatic carbocycles. The van der Waals surface area contributed by atoms with E-state index in [2.05, 4.69) is 5.32 Å². The Morgan fingerprint density at radius 2 is 2.25 bits per heavy atom. The summed E-state index contributed by atoms with van der Waals surface area (Å²) in [5.74, 6) is -0.640. The number of carbonyl (C=O) groups is 1. The number of hydrogen-bond acceptors (Lipinski definition) is 2. The smallest absolute Gasteiger partial charge is 0.220 e. The quantitative estimate of drug-likeness (QED) is 0.832. The highest BCUT2D eigenvalue weighted by Crippen LogP contribution is 2.14. The van der Waals surface area contributed by atoms with Gasteiger partial charge in [0.25, 0.3) is 0 Å². The summed E-state index contributed by atoms with van der Waals surface area (Å²) in [7, 11) is 0. The minimum absolute atomic E-state index is 0.0251. The molecule has 0 radical (unpaired) electrons. The first-order valence-electron chi connectivity index (χ1n) is 4.95. The Balaban J connectivity index is 2.45. The van der Waals surface area contributed by atoms with Gasteiger partial charge in [-0.05, 0) is 18.6 Å². The molecule has 1 aromatic rings. The maximum absolute atomic E-state index is 13.3. The van der Waals surface area contributed by atoms with Crippen molar-refractivity contribution in [3.05, 3.63) is 34.6 Å². The molecule has 3 nitrogen and oxygen atoms in total. The van der Waals surface area contributed by atoms with Crippen molar-refractivity contribution in [1.29, 1.82) is 0 Å². The monoisotopic (exact) mass is 245 g/mol. The highest BCUT2D eigenvalue weighted by atomic mass is 35.5. The molecule has 0 fully saturated rings. The second-order valence-electron chi connectivity index (χ2n) is 3.34. The highest BCUT2D eigenvalue weighted by Gasteiger charge is 2.05. The number of hydrogen-bond donors (Lipinski definition) is 2. The van der Waals surface area contributed by atoms with Crippen LogP contribution in [0.2, 0.25) is 5.02 Å². The third-order valence-electron chi connectivity index (χ3n) is 2.05. The standard InChI is InChI=1S/C11H13ClFNO2/c12-9-4-3-8(10(13)6-9)7-14-11(16)2-1-5-15/h3-4,6,15H,1-2,5,7H2,(H,14,16). The zero-order chi connectivity index (χ0) is 12.0. The number of nitrogens with one attached hydrogen (secondary N) is 1. The minimum atomic E-state index is -0.435. The number of aliphatic hydroxyl groups is 1. The fraction of sp³-hybridized carbons (Fsp3) is 0.364. The van der Waals surface area contributed by atoms with Gasteiger partial charge in [-0.2, -0.15) is 0 Å². The first-order chi connectivity index (χ1) is 7.63. The van der Waals surface area contributed by atoms with Crippen LogP contribution in [0.3, 0.4) is 0 Å². The van der Waals surface area contributed by atoms with Crippen molar-refractivity contribution in [2.75, 3.05) is 6.61 Å². The number of benzene rings is 1. The third kappa shape index (κ3) is 4.16. The maximum atomic E-state index is 13.3. The Kier molecular flexibility index (Phi) is 5.22. The lowest BCUT2D eigenvalue weighted by atomic mass is 10.2. The molecular weight excluding hydrogens is 233 g/mol. The fourth-order valence-corrected chi connectivity index (χ4v) is 1.35. The van der Waals surface area contributed by atoms with Gasteiger partial charge in [0.2, 0.25) is 5.91 Å². The van der Waals surface area contributed by atoms with Crippen molar-refractivity contribution < 1.29 is 14.3 Å². The van der Waals surface area contributed by atoms with Crippen molar-refractivity contribution in [1.82, 2.24) is 5.32 Å². The molecule has 0 saturated carbocycles. The number of rotatable bonds is 5. The Hall–Kier alpha value is -1.13. The Morgan fingerprint density at radius 3 is 2.88 bits per heavy atom. The molecule has 0 spiro atoms. The fourth-order valence-electron chi connectivity index (χ4n) is 1.19. The van der Waals surface area contributed by atoms with E-state index >= 15 is 0 Å². The minimum Gasteiger partial charge on any atom is -0.396 e. The molecule has 0 unspecified atom stereocenters. The van der Waals surface area contributed by atoms with Crippen LogP contribution in [0.15, 0.2) is 18.2 Å². The van der Waals surface area contributed by atoms with Gasteiger partial charge in [-0.25, -0.2) is 4.39 Å². The van der Waals surface area contributed by atoms with Gasteiger partial charge in [-0.3, -0.25) is 4.79 Å². The van der Waals surface area contributed by atoms with Crippen LogP contribution < -0.4 is 5.32 Å². The first kappa shape index (κ1) is 12.9. The van der Waals surface area contributed by atoms with Crippen molar-refractivity contribution >= 4 is 17.5 Å². The molecule has 0 aliphatic heterocycles. The molecule has 16 heavy (non-hydrogen) atoms. The molecule has 0 heterocycles. The summed E-state index contributed by atoms with van der Waals surface area (Å²) in [5, 5.41) is 11.4. The van der Waals surface area contributed by atoms with E-state index in [0.29, 0.717) is 17.0 Å². The van der Waals surface area contributed by atoms with E-state index in [9.17, 15) is 9.18 Å². The van der Waals surface area contributed by atoms with Crippen molar-refractivity contribution in [3.63, 3.8) is 0 Å². The van der Waals surface area contributed by atoms with Crippen LogP contribution in [0.1, 0.15) is 18.4 Å². The molecule has 0 aliphatic rings. The number of halogens is 2. The van der Waals surface area contributed by atoms with E-state index in [1.54, 1.807) is 6.07 Å². The number of amides is 1. The predicted molar refractivity (Wildman–Crippen MR) is 59.6 cm³/mol. The summed E-state index contributed by atoms with van der Waals surface area (Å²) in [5.41, 5.74) is 0.391. The Labute approximate surface area is 98.2 Å². The molecule has 0 saturated heterocycles. The highest BCUT2D eigenvalue weighted by molar-refractivity contribution is 6.30. The molecule has 1 amide bonds. The van der Waals surface area contributed by atoms with Gasteiger partial charge in [0.1, 0.15) is 5.82 Å². The van der Waals surface area contributed by atoms with Gasteiger partial charge in [0, 0.05) is 30.2 Å². The van der Waals surface area contributed by atoms with Crippen LogP contribution in [0.25, 0.3) is 0 Å². The summed E-state index contributed by atoms with van der Waals surface area (Å²) in [6.07, 6.45) is 0.653. The van der Waals surface area contributed by atoms with Crippen LogP contribution in [-0.4, -0.2) is 17.6 Å². The van der Waals surface area contributed by atoms with Crippen molar-refractivity contribution in [2.45, 2.75) is 19.4 Å². The van der Waals surface area contributed by atoms with Crippen LogP contribution in [0.4, 0.5) is 4.39 Å². The molecule has 0 atom stereocenters. The molecule has 0 bridgehead atoms. The summed E-state index contributed by atoms with van der Waals surface area (Å²) >= 11 is 5.59. The van der Waals surface area contributed by atoms with Crippen molar-refractivity contribution in [3.8, 4) is 0 Å². The summed E-state index contributed by atoms with van der Waals surface area (Å²) in [6, 6.07) is 4.31. The maximum Gasteiger partial charge on any atom is 0.220 e. The zero-order valence-corrected chi connectivity index (χ0v) is 9.43. The molecule has 88 valence electrons. The van der Waals surface area contributed by atoms with Crippen LogP contribution in [0, 0.1) is 5.82 Å². The summed E-state index contributed by atoms with van der Waals surface area (Å²) < 4.78 is 13.3. The first-order valence-corrected chi connectivity index (χ1v) is 5.32. The lowest BCUT2D eigenvalue weighted by Crippen LogP contribution is -2.23. The Bertz CT molecular complexity index is 371. The molecule has 2 N–H and O–H groups in total. The second kappa shape index (κ2) is 6.45. The van der Waals surface area contributed by atoms with Gasteiger partial charge in [-0.1, -0.05) is 17.7 Å². The molecule has 0 aliphatic carbocycles. The SMILES string of the molecule is O=C(CCCO)NCc1ccc(Cl)cc1F. The Morgan fingerprint density at radius 1 is 1.50 bits per heavy atom. The average Bonchev–Trinajstić information content (AvgIpc) is 2.25. The molecule has 5 heteroatoms. The largest absolute Gasteiger partial charge is 0.396 e. The normalized spacial score (nSPS) is 10.2. The lowest BCUT2D eigenvalue weighted by Gasteiger charge is -2.06. The van der Waals surface area contributed by atoms with E-state index in [-0.39, 0.29) is 25.5 Å². The number of carbonyl (C=O) groups excluding carboxylic acids is 1. The van der Waals surface area contributed by atoms with Gasteiger partial charge in [0.05, 0.1) is 0 Å². The third-order valence-corrected chi connectivity index (χ3v) is 2.29. The average molecular weight is 246 g/mol. The lowest BCUT2D eigenvalue weighted by molar-refractivity contribution is -0.121. The molecule has 0 aromatic heterocycles. The van der Waals surface area contributed by atoms with Crippen LogP contribution >= 0.6 is 11.6 Å². The van der Waals surface area contributed by atoms with Crippen LogP contribution in [0.5, 0.6) is 0 Å². The van der Waals surface area contributed by atoms with E-state index in [0.717, 1.165) is 0 Å². The summed E-state index contributed by atoms with van der Waals surface area (Å²) in [6.45, 7) is 0.107. The molecular formula is C11H13ClFNO2. The van der Waals surface area contributed by atoms with Gasteiger partial charge in [0.15, 0.2) is 0 Å². The summed E-state index contributed by atoms with van der Waals surface area (Å²) in [4.78, 5) is 11.2.